The van der Waals surface area contributed by atoms with E-state index in [1.54, 1.807) is 0 Å². The van der Waals surface area contributed by atoms with Gasteiger partial charge in [-0.25, -0.2) is 4.99 Å². The van der Waals surface area contributed by atoms with E-state index in [0.717, 1.165) is 69.3 Å². The first-order valence-electron chi connectivity index (χ1n) is 9.86. The van der Waals surface area contributed by atoms with Gasteiger partial charge in [-0.3, -0.25) is 0 Å². The zero-order valence-corrected chi connectivity index (χ0v) is 18.9. The highest BCUT2D eigenvalue weighted by molar-refractivity contribution is 14.0. The molecule has 0 radical (unpaired) electrons. The fourth-order valence-corrected chi connectivity index (χ4v) is 3.09. The summed E-state index contributed by atoms with van der Waals surface area (Å²) < 4.78 is 5.67. The highest BCUT2D eigenvalue weighted by Gasteiger charge is 2.16. The largest absolute Gasteiger partial charge is 0.494 e. The van der Waals surface area contributed by atoms with Crippen LogP contribution in [-0.2, 0) is 6.54 Å². The van der Waals surface area contributed by atoms with Crippen molar-refractivity contribution in [2.45, 2.75) is 45.8 Å². The Labute approximate surface area is 180 Å². The summed E-state index contributed by atoms with van der Waals surface area (Å²) in [6.07, 6.45) is 2.76. The number of aliphatic hydroxyl groups is 1. The molecule has 0 amide bonds. The Kier molecular flexibility index (Phi) is 12.4. The number of aliphatic imine (C=N–C) groups is 1. The van der Waals surface area contributed by atoms with Crippen molar-refractivity contribution in [1.82, 2.24) is 15.5 Å². The van der Waals surface area contributed by atoms with Gasteiger partial charge in [0, 0.05) is 31.7 Å². The van der Waals surface area contributed by atoms with Crippen LogP contribution >= 0.6 is 24.0 Å². The number of para-hydroxylation sites is 1. The molecular weight excluding hydrogens is 455 g/mol. The molecule has 3 N–H and O–H groups in total. The third kappa shape index (κ3) is 9.12. The van der Waals surface area contributed by atoms with Crippen molar-refractivity contribution >= 4 is 29.9 Å². The lowest BCUT2D eigenvalue weighted by Gasteiger charge is -2.29. The van der Waals surface area contributed by atoms with E-state index >= 15 is 0 Å². The number of likely N-dealkylation sites (tertiary alicyclic amines) is 1. The fourth-order valence-electron chi connectivity index (χ4n) is 3.09. The van der Waals surface area contributed by atoms with Crippen LogP contribution < -0.4 is 15.4 Å². The first-order chi connectivity index (χ1) is 12.7. The van der Waals surface area contributed by atoms with Gasteiger partial charge in [0.1, 0.15) is 5.75 Å². The number of ether oxygens (including phenoxy) is 1. The summed E-state index contributed by atoms with van der Waals surface area (Å²) in [5.41, 5.74) is 1.10. The molecule has 1 aliphatic rings. The minimum absolute atomic E-state index is 0. The van der Waals surface area contributed by atoms with E-state index in [0.29, 0.717) is 13.2 Å². The monoisotopic (exact) mass is 490 g/mol. The first-order valence-corrected chi connectivity index (χ1v) is 9.86. The molecular formula is C20H35IN4O2. The van der Waals surface area contributed by atoms with Crippen molar-refractivity contribution in [2.24, 2.45) is 4.99 Å². The van der Waals surface area contributed by atoms with Crippen LogP contribution in [0.5, 0.6) is 5.75 Å². The van der Waals surface area contributed by atoms with Crippen molar-refractivity contribution in [3.8, 4) is 5.75 Å². The maximum atomic E-state index is 9.56. The third-order valence-corrected chi connectivity index (χ3v) is 4.52. The second-order valence-electron chi connectivity index (χ2n) is 6.59. The van der Waals surface area contributed by atoms with Gasteiger partial charge in [-0.15, -0.1) is 24.0 Å². The number of nitrogens with one attached hydrogen (secondary N) is 2. The number of piperidine rings is 1. The summed E-state index contributed by atoms with van der Waals surface area (Å²) in [6, 6.07) is 8.05. The Morgan fingerprint density at radius 1 is 1.22 bits per heavy atom. The Morgan fingerprint density at radius 3 is 2.67 bits per heavy atom. The summed E-state index contributed by atoms with van der Waals surface area (Å²) >= 11 is 0. The lowest BCUT2D eigenvalue weighted by Crippen LogP contribution is -2.40. The number of halogens is 1. The normalized spacial score (nSPS) is 15.9. The average Bonchev–Trinajstić information content (AvgIpc) is 2.66. The van der Waals surface area contributed by atoms with Crippen molar-refractivity contribution in [1.29, 1.82) is 0 Å². The van der Waals surface area contributed by atoms with Gasteiger partial charge in [-0.05, 0) is 45.7 Å². The Balaban J connectivity index is 0.00000364. The molecule has 1 saturated heterocycles. The summed E-state index contributed by atoms with van der Waals surface area (Å²) in [5, 5.41) is 16.3. The second kappa shape index (κ2) is 14.0. The predicted octanol–water partition coefficient (Wildman–Crippen LogP) is 2.61. The maximum Gasteiger partial charge on any atom is 0.191 e. The van der Waals surface area contributed by atoms with Crippen molar-refractivity contribution in [2.75, 3.05) is 39.3 Å². The number of hydrogen-bond acceptors (Lipinski definition) is 4. The van der Waals surface area contributed by atoms with Crippen LogP contribution in [0.15, 0.2) is 29.3 Å². The average molecular weight is 490 g/mol. The molecule has 1 aromatic carbocycles. The molecule has 0 bridgehead atoms. The third-order valence-electron chi connectivity index (χ3n) is 4.52. The van der Waals surface area contributed by atoms with Gasteiger partial charge in [0.2, 0.25) is 0 Å². The fraction of sp³-hybridized carbons (Fsp3) is 0.650. The van der Waals surface area contributed by atoms with Crippen LogP contribution in [0, 0.1) is 0 Å². The molecule has 0 aliphatic carbocycles. The summed E-state index contributed by atoms with van der Waals surface area (Å²) in [4.78, 5) is 7.12. The number of aliphatic hydroxyl groups excluding tert-OH is 1. The van der Waals surface area contributed by atoms with Crippen LogP contribution in [0.4, 0.5) is 0 Å². The number of rotatable bonds is 9. The zero-order chi connectivity index (χ0) is 18.6. The van der Waals surface area contributed by atoms with Gasteiger partial charge in [-0.2, -0.15) is 0 Å². The van der Waals surface area contributed by atoms with E-state index < -0.39 is 0 Å². The molecule has 154 valence electrons. The van der Waals surface area contributed by atoms with Gasteiger partial charge in [0.05, 0.1) is 19.3 Å². The molecule has 0 unspecified atom stereocenters. The molecule has 0 saturated carbocycles. The lowest BCUT2D eigenvalue weighted by atomic mass is 10.1. The van der Waals surface area contributed by atoms with E-state index in [9.17, 15) is 5.11 Å². The minimum Gasteiger partial charge on any atom is -0.494 e. The van der Waals surface area contributed by atoms with E-state index in [1.807, 2.05) is 25.1 Å². The predicted molar refractivity (Wildman–Crippen MR) is 122 cm³/mol. The van der Waals surface area contributed by atoms with Crippen molar-refractivity contribution in [3.05, 3.63) is 29.8 Å². The van der Waals surface area contributed by atoms with Crippen molar-refractivity contribution in [3.63, 3.8) is 0 Å². The van der Waals surface area contributed by atoms with E-state index in [4.69, 9.17) is 4.74 Å². The molecule has 1 fully saturated rings. The quantitative estimate of drug-likeness (QED) is 0.215. The van der Waals surface area contributed by atoms with E-state index in [2.05, 4.69) is 33.5 Å². The lowest BCUT2D eigenvalue weighted by molar-refractivity contribution is 0.0823. The number of benzene rings is 1. The highest BCUT2D eigenvalue weighted by Crippen LogP contribution is 2.18. The number of guanidine groups is 1. The molecule has 27 heavy (non-hydrogen) atoms. The van der Waals surface area contributed by atoms with Crippen LogP contribution in [0.2, 0.25) is 0 Å². The summed E-state index contributed by atoms with van der Waals surface area (Å²) in [7, 11) is 0. The van der Waals surface area contributed by atoms with Gasteiger partial charge in [0.25, 0.3) is 0 Å². The molecule has 1 aromatic rings. The molecule has 1 heterocycles. The van der Waals surface area contributed by atoms with Crippen LogP contribution in [0.1, 0.15) is 38.7 Å². The Bertz CT molecular complexity index is 549. The van der Waals surface area contributed by atoms with E-state index in [-0.39, 0.29) is 30.1 Å². The smallest absolute Gasteiger partial charge is 0.191 e. The number of hydrogen-bond donors (Lipinski definition) is 3. The van der Waals surface area contributed by atoms with Gasteiger partial charge >= 0.3 is 0 Å². The summed E-state index contributed by atoms with van der Waals surface area (Å²) in [6.45, 7) is 10.1. The Morgan fingerprint density at radius 2 is 1.96 bits per heavy atom. The molecule has 0 atom stereocenters. The molecule has 7 heteroatoms. The highest BCUT2D eigenvalue weighted by atomic mass is 127. The first kappa shape index (κ1) is 24.0. The van der Waals surface area contributed by atoms with Crippen LogP contribution in [0.25, 0.3) is 0 Å². The molecule has 2 rings (SSSR count). The zero-order valence-electron chi connectivity index (χ0n) is 16.6. The van der Waals surface area contributed by atoms with Gasteiger partial charge in [0.15, 0.2) is 5.96 Å². The molecule has 0 aromatic heterocycles. The van der Waals surface area contributed by atoms with E-state index in [1.165, 1.54) is 0 Å². The standard InChI is InChI=1S/C20H34N4O2.HI/c1-3-21-20(22-12-7-13-24-14-10-18(25)11-15-24)23-16-17-8-5-6-9-19(17)26-4-2;/h5-6,8-9,18,25H,3-4,7,10-16H2,1-2H3,(H2,21,22,23);1H. The van der Waals surface area contributed by atoms with Crippen LogP contribution in [-0.4, -0.2) is 61.4 Å². The molecule has 0 spiro atoms. The number of nitrogens with zero attached hydrogens (tertiary/aromatic N) is 2. The van der Waals surface area contributed by atoms with Crippen molar-refractivity contribution < 1.29 is 9.84 Å². The summed E-state index contributed by atoms with van der Waals surface area (Å²) in [5.74, 6) is 1.75. The minimum atomic E-state index is -0.101. The molecule has 6 nitrogen and oxygen atoms in total. The van der Waals surface area contributed by atoms with Gasteiger partial charge in [-0.1, -0.05) is 18.2 Å². The SMILES string of the molecule is CCNC(=NCc1ccccc1OCC)NCCCN1CCC(O)CC1.I. The molecule has 1 aliphatic heterocycles. The topological polar surface area (TPSA) is 69.1 Å². The maximum absolute atomic E-state index is 9.56. The van der Waals surface area contributed by atoms with Gasteiger partial charge < -0.3 is 25.4 Å². The second-order valence-corrected chi connectivity index (χ2v) is 6.59. The Hall–Kier alpha value is -1.06. The van der Waals surface area contributed by atoms with Crippen LogP contribution in [0.3, 0.4) is 0 Å².